The Hall–Kier alpha value is -1.63. The number of nitro benzene ring substituents is 1. The highest BCUT2D eigenvalue weighted by atomic mass is 32.2. The Morgan fingerprint density at radius 2 is 1.95 bits per heavy atom. The van der Waals surface area contributed by atoms with Crippen molar-refractivity contribution in [2.24, 2.45) is 11.8 Å². The van der Waals surface area contributed by atoms with Crippen molar-refractivity contribution in [3.8, 4) is 0 Å². The van der Waals surface area contributed by atoms with Crippen LogP contribution in [-0.4, -0.2) is 25.6 Å². The Morgan fingerprint density at radius 3 is 2.55 bits per heavy atom. The number of nitrogens with zero attached hydrogens (tertiary/aromatic N) is 1. The normalized spacial score (nSPS) is 25.7. The zero-order valence-corrected chi connectivity index (χ0v) is 13.9. The molecule has 0 saturated heterocycles. The van der Waals surface area contributed by atoms with Crippen molar-refractivity contribution in [1.29, 1.82) is 0 Å². The molecule has 0 spiro atoms. The van der Waals surface area contributed by atoms with Gasteiger partial charge in [0.05, 0.1) is 9.82 Å². The van der Waals surface area contributed by atoms with E-state index in [0.29, 0.717) is 17.5 Å². The van der Waals surface area contributed by atoms with E-state index in [-0.39, 0.29) is 16.6 Å². The van der Waals surface area contributed by atoms with E-state index in [9.17, 15) is 18.5 Å². The molecule has 0 bridgehead atoms. The summed E-state index contributed by atoms with van der Waals surface area (Å²) in [7, 11) is -3.46. The molecule has 7 heteroatoms. The first-order chi connectivity index (χ1) is 10.2. The van der Waals surface area contributed by atoms with Crippen molar-refractivity contribution in [2.75, 3.05) is 11.6 Å². The third kappa shape index (κ3) is 3.58. The second-order valence-electron chi connectivity index (χ2n) is 6.23. The minimum atomic E-state index is -3.46. The van der Waals surface area contributed by atoms with Crippen LogP contribution in [-0.2, 0) is 9.84 Å². The highest BCUT2D eigenvalue weighted by molar-refractivity contribution is 7.90. The number of sulfone groups is 1. The minimum Gasteiger partial charge on any atom is -0.376 e. The van der Waals surface area contributed by atoms with Crippen LogP contribution < -0.4 is 5.32 Å². The third-order valence-corrected chi connectivity index (χ3v) is 5.75. The lowest BCUT2D eigenvalue weighted by Crippen LogP contribution is -2.35. The molecule has 22 heavy (non-hydrogen) atoms. The van der Waals surface area contributed by atoms with E-state index < -0.39 is 14.8 Å². The number of benzene rings is 1. The Kier molecular flexibility index (Phi) is 4.75. The van der Waals surface area contributed by atoms with Gasteiger partial charge in [0.15, 0.2) is 9.84 Å². The summed E-state index contributed by atoms with van der Waals surface area (Å²) in [5, 5.41) is 14.5. The van der Waals surface area contributed by atoms with Crippen molar-refractivity contribution >= 4 is 21.2 Å². The van der Waals surface area contributed by atoms with Gasteiger partial charge in [0.1, 0.15) is 5.69 Å². The molecule has 3 atom stereocenters. The van der Waals surface area contributed by atoms with Gasteiger partial charge >= 0.3 is 0 Å². The van der Waals surface area contributed by atoms with E-state index in [1.165, 1.54) is 18.6 Å². The number of nitro groups is 1. The van der Waals surface area contributed by atoms with Crippen molar-refractivity contribution in [2.45, 2.75) is 44.0 Å². The van der Waals surface area contributed by atoms with Gasteiger partial charge in [0, 0.05) is 18.4 Å². The molecular weight excluding hydrogens is 304 g/mol. The zero-order valence-electron chi connectivity index (χ0n) is 13.1. The molecule has 1 saturated carbocycles. The molecular formula is C15H22N2O4S. The van der Waals surface area contributed by atoms with Crippen molar-refractivity contribution in [1.82, 2.24) is 0 Å². The van der Waals surface area contributed by atoms with Crippen LogP contribution in [0.4, 0.5) is 11.4 Å². The maximum atomic E-state index is 11.6. The molecule has 2 rings (SSSR count). The largest absolute Gasteiger partial charge is 0.376 e. The van der Waals surface area contributed by atoms with E-state index >= 15 is 0 Å². The summed E-state index contributed by atoms with van der Waals surface area (Å²) in [4.78, 5) is 10.7. The van der Waals surface area contributed by atoms with Crippen molar-refractivity contribution in [3.05, 3.63) is 28.3 Å². The molecule has 0 amide bonds. The van der Waals surface area contributed by atoms with Gasteiger partial charge in [-0.05, 0) is 30.4 Å². The third-order valence-electron chi connectivity index (χ3n) is 4.64. The van der Waals surface area contributed by atoms with Gasteiger partial charge in [-0.25, -0.2) is 8.42 Å². The first-order valence-corrected chi connectivity index (χ1v) is 9.34. The smallest absolute Gasteiger partial charge is 0.293 e. The Bertz CT molecular complexity index is 672. The molecule has 1 aromatic rings. The van der Waals surface area contributed by atoms with Crippen LogP contribution in [0.25, 0.3) is 0 Å². The average molecular weight is 326 g/mol. The summed E-state index contributed by atoms with van der Waals surface area (Å²) < 4.78 is 23.1. The summed E-state index contributed by atoms with van der Waals surface area (Å²) in [6.07, 6.45) is 4.29. The topological polar surface area (TPSA) is 89.3 Å². The van der Waals surface area contributed by atoms with Crippen LogP contribution in [0, 0.1) is 22.0 Å². The standard InChI is InChI=1S/C15H22N2O4S/c1-10-5-4-6-13(11(10)2)16-14-8-7-12(22(3,20)21)9-15(14)17(18)19/h7-11,13,16H,4-6H2,1-3H3/t10-,11+,13+/m1/s1. The van der Waals surface area contributed by atoms with Gasteiger partial charge < -0.3 is 5.32 Å². The van der Waals surface area contributed by atoms with Gasteiger partial charge in [-0.2, -0.15) is 0 Å². The van der Waals surface area contributed by atoms with Crippen LogP contribution in [0.3, 0.4) is 0 Å². The van der Waals surface area contributed by atoms with Gasteiger partial charge in [0.2, 0.25) is 0 Å². The molecule has 0 aromatic heterocycles. The first-order valence-electron chi connectivity index (χ1n) is 7.45. The van der Waals surface area contributed by atoms with Crippen molar-refractivity contribution in [3.63, 3.8) is 0 Å². The maximum Gasteiger partial charge on any atom is 0.293 e. The highest BCUT2D eigenvalue weighted by Gasteiger charge is 2.29. The van der Waals surface area contributed by atoms with Gasteiger partial charge in [-0.3, -0.25) is 10.1 Å². The lowest BCUT2D eigenvalue weighted by molar-refractivity contribution is -0.384. The van der Waals surface area contributed by atoms with Crippen LogP contribution in [0.5, 0.6) is 0 Å². The summed E-state index contributed by atoms with van der Waals surface area (Å²) in [5.74, 6) is 0.989. The minimum absolute atomic E-state index is 0.0326. The van der Waals surface area contributed by atoms with Crippen LogP contribution in [0.1, 0.15) is 33.1 Å². The number of anilines is 1. The molecule has 1 N–H and O–H groups in total. The fourth-order valence-electron chi connectivity index (χ4n) is 3.00. The molecule has 0 aliphatic heterocycles. The molecule has 0 radical (unpaired) electrons. The Balaban J connectivity index is 2.33. The summed E-state index contributed by atoms with van der Waals surface area (Å²) in [6, 6.07) is 4.22. The van der Waals surface area contributed by atoms with Gasteiger partial charge in [0.25, 0.3) is 5.69 Å². The maximum absolute atomic E-state index is 11.6. The van der Waals surface area contributed by atoms with Crippen molar-refractivity contribution < 1.29 is 13.3 Å². The highest BCUT2D eigenvalue weighted by Crippen LogP contribution is 2.34. The number of hydrogen-bond donors (Lipinski definition) is 1. The Labute approximate surface area is 131 Å². The average Bonchev–Trinajstić information content (AvgIpc) is 2.43. The lowest BCUT2D eigenvalue weighted by Gasteiger charge is -2.35. The molecule has 1 fully saturated rings. The van der Waals surface area contributed by atoms with E-state index in [0.717, 1.165) is 25.2 Å². The zero-order chi connectivity index (χ0) is 16.5. The molecule has 1 aromatic carbocycles. The van der Waals surface area contributed by atoms with Gasteiger partial charge in [-0.15, -0.1) is 0 Å². The second-order valence-corrected chi connectivity index (χ2v) is 8.24. The van der Waals surface area contributed by atoms with Crippen LogP contribution in [0.2, 0.25) is 0 Å². The molecule has 1 aliphatic carbocycles. The molecule has 0 unspecified atom stereocenters. The van der Waals surface area contributed by atoms with E-state index in [4.69, 9.17) is 0 Å². The fourth-order valence-corrected chi connectivity index (χ4v) is 3.64. The molecule has 1 aliphatic rings. The quantitative estimate of drug-likeness (QED) is 0.677. The van der Waals surface area contributed by atoms with Crippen LogP contribution in [0.15, 0.2) is 23.1 Å². The summed E-state index contributed by atoms with van der Waals surface area (Å²) in [6.45, 7) is 4.35. The fraction of sp³-hybridized carbons (Fsp3) is 0.600. The van der Waals surface area contributed by atoms with E-state index in [1.54, 1.807) is 0 Å². The predicted octanol–water partition coefficient (Wildman–Crippen LogP) is 3.23. The summed E-state index contributed by atoms with van der Waals surface area (Å²) in [5.41, 5.74) is 0.205. The number of hydrogen-bond acceptors (Lipinski definition) is 5. The summed E-state index contributed by atoms with van der Waals surface area (Å²) >= 11 is 0. The lowest BCUT2D eigenvalue weighted by atomic mass is 9.78. The Morgan fingerprint density at radius 1 is 1.27 bits per heavy atom. The van der Waals surface area contributed by atoms with E-state index in [2.05, 4.69) is 19.2 Å². The second kappa shape index (κ2) is 6.24. The monoisotopic (exact) mass is 326 g/mol. The SMILES string of the molecule is C[C@H]1[C@H](C)CCC[C@@H]1Nc1ccc(S(C)(=O)=O)cc1[N+](=O)[O-]. The number of nitrogens with one attached hydrogen (secondary N) is 1. The molecule has 122 valence electrons. The van der Waals surface area contributed by atoms with Crippen LogP contribution >= 0.6 is 0 Å². The number of rotatable bonds is 4. The first kappa shape index (κ1) is 16.7. The van der Waals surface area contributed by atoms with E-state index in [1.807, 2.05) is 0 Å². The van der Waals surface area contributed by atoms with Gasteiger partial charge in [-0.1, -0.05) is 26.7 Å². The molecule has 6 nitrogen and oxygen atoms in total. The predicted molar refractivity (Wildman–Crippen MR) is 85.8 cm³/mol. The molecule has 0 heterocycles.